The first-order valence-corrected chi connectivity index (χ1v) is 5.65. The van der Waals surface area contributed by atoms with Gasteiger partial charge in [0.25, 0.3) is 0 Å². The fraction of sp³-hybridized carbons (Fsp3) is 0.214. The van der Waals surface area contributed by atoms with Gasteiger partial charge in [-0.1, -0.05) is 36.4 Å². The molecule has 0 aliphatic carbocycles. The van der Waals surface area contributed by atoms with Crippen molar-refractivity contribution in [3.63, 3.8) is 0 Å². The molecular formula is C14H15NO2. The minimum Gasteiger partial charge on any atom is -0.478 e. The number of carboxylic acids is 1. The molecule has 1 aromatic rings. The largest absolute Gasteiger partial charge is 0.478 e. The summed E-state index contributed by atoms with van der Waals surface area (Å²) in [6, 6.07) is 10.3. The molecule has 0 unspecified atom stereocenters. The number of rotatable bonds is 4. The molecule has 0 radical (unpaired) electrons. The van der Waals surface area contributed by atoms with Gasteiger partial charge in [0.2, 0.25) is 0 Å². The maximum Gasteiger partial charge on any atom is 0.335 e. The van der Waals surface area contributed by atoms with Crippen LogP contribution < -0.4 is 0 Å². The topological polar surface area (TPSA) is 40.5 Å². The molecule has 1 N–H and O–H groups in total. The van der Waals surface area contributed by atoms with Crippen molar-refractivity contribution < 1.29 is 9.90 Å². The zero-order valence-corrected chi connectivity index (χ0v) is 9.54. The van der Waals surface area contributed by atoms with Crippen molar-refractivity contribution >= 4 is 5.97 Å². The Morgan fingerprint density at radius 1 is 1.29 bits per heavy atom. The van der Waals surface area contributed by atoms with Gasteiger partial charge in [0.15, 0.2) is 0 Å². The Labute approximate surface area is 101 Å². The first-order valence-electron chi connectivity index (χ1n) is 5.65. The Morgan fingerprint density at radius 2 is 2.06 bits per heavy atom. The normalized spacial score (nSPS) is 14.6. The van der Waals surface area contributed by atoms with Gasteiger partial charge in [-0.15, -0.1) is 0 Å². The highest BCUT2D eigenvalue weighted by molar-refractivity contribution is 5.90. The Hall–Kier alpha value is -2.03. The first-order chi connectivity index (χ1) is 8.25. The summed E-state index contributed by atoms with van der Waals surface area (Å²) in [6.07, 6.45) is 6.22. The lowest BCUT2D eigenvalue weighted by Gasteiger charge is -2.21. The average Bonchev–Trinajstić information content (AvgIpc) is 2.38. The van der Waals surface area contributed by atoms with E-state index < -0.39 is 5.97 Å². The van der Waals surface area contributed by atoms with Crippen molar-refractivity contribution in [3.8, 4) is 0 Å². The van der Waals surface area contributed by atoms with Gasteiger partial charge in [-0.2, -0.15) is 0 Å². The van der Waals surface area contributed by atoms with Gasteiger partial charge in [0.1, 0.15) is 0 Å². The third-order valence-electron chi connectivity index (χ3n) is 2.79. The third-order valence-corrected chi connectivity index (χ3v) is 2.79. The fourth-order valence-corrected chi connectivity index (χ4v) is 1.77. The van der Waals surface area contributed by atoms with E-state index in [1.807, 2.05) is 24.4 Å². The van der Waals surface area contributed by atoms with Gasteiger partial charge in [-0.05, 0) is 18.1 Å². The Kier molecular flexibility index (Phi) is 3.60. The summed E-state index contributed by atoms with van der Waals surface area (Å²) in [5.41, 5.74) is 1.68. The molecule has 2 rings (SSSR count). The molecule has 0 fully saturated rings. The lowest BCUT2D eigenvalue weighted by molar-refractivity contribution is -0.132. The molecule has 0 aromatic heterocycles. The molecular weight excluding hydrogens is 214 g/mol. The summed E-state index contributed by atoms with van der Waals surface area (Å²) in [5, 5.41) is 8.79. The van der Waals surface area contributed by atoms with E-state index >= 15 is 0 Å². The molecule has 1 aliphatic rings. The SMILES string of the molecule is O=C(O)C1=CCN(CCc2ccccc2)C=C1. The van der Waals surface area contributed by atoms with Crippen LogP contribution >= 0.6 is 0 Å². The number of hydrogen-bond acceptors (Lipinski definition) is 2. The molecule has 0 saturated carbocycles. The summed E-state index contributed by atoms with van der Waals surface area (Å²) >= 11 is 0. The highest BCUT2D eigenvalue weighted by atomic mass is 16.4. The summed E-state index contributed by atoms with van der Waals surface area (Å²) in [6.45, 7) is 1.58. The van der Waals surface area contributed by atoms with E-state index in [1.165, 1.54) is 5.56 Å². The number of nitrogens with zero attached hydrogens (tertiary/aromatic N) is 1. The van der Waals surface area contributed by atoms with Gasteiger partial charge in [-0.3, -0.25) is 0 Å². The molecule has 3 nitrogen and oxygen atoms in total. The average molecular weight is 229 g/mol. The molecule has 0 amide bonds. The molecule has 0 bridgehead atoms. The Morgan fingerprint density at radius 3 is 2.65 bits per heavy atom. The number of hydrogen-bond donors (Lipinski definition) is 1. The standard InChI is InChI=1S/C14H15NO2/c16-14(17)13-7-10-15(11-8-13)9-6-12-4-2-1-3-5-12/h1-5,7-8,10H,6,9,11H2,(H,16,17). The molecule has 0 saturated heterocycles. The number of carbonyl (C=O) groups is 1. The molecule has 88 valence electrons. The lowest BCUT2D eigenvalue weighted by atomic mass is 10.1. The highest BCUT2D eigenvalue weighted by Crippen LogP contribution is 2.08. The molecule has 0 atom stereocenters. The van der Waals surface area contributed by atoms with E-state index in [0.717, 1.165) is 13.0 Å². The molecule has 0 spiro atoms. The van der Waals surface area contributed by atoms with Gasteiger partial charge < -0.3 is 10.0 Å². The Balaban J connectivity index is 1.84. The highest BCUT2D eigenvalue weighted by Gasteiger charge is 2.09. The van der Waals surface area contributed by atoms with E-state index in [2.05, 4.69) is 17.0 Å². The van der Waals surface area contributed by atoms with Crippen molar-refractivity contribution in [1.29, 1.82) is 0 Å². The van der Waals surface area contributed by atoms with Crippen LogP contribution in [0.5, 0.6) is 0 Å². The maximum atomic E-state index is 10.7. The van der Waals surface area contributed by atoms with Crippen LogP contribution in [-0.4, -0.2) is 29.1 Å². The van der Waals surface area contributed by atoms with Crippen LogP contribution in [0.3, 0.4) is 0 Å². The van der Waals surface area contributed by atoms with Crippen LogP contribution in [0.2, 0.25) is 0 Å². The van der Waals surface area contributed by atoms with Crippen LogP contribution in [0, 0.1) is 0 Å². The van der Waals surface area contributed by atoms with E-state index in [1.54, 1.807) is 12.2 Å². The van der Waals surface area contributed by atoms with Crippen molar-refractivity contribution in [1.82, 2.24) is 4.90 Å². The monoisotopic (exact) mass is 229 g/mol. The maximum absolute atomic E-state index is 10.7. The predicted molar refractivity (Wildman–Crippen MR) is 66.6 cm³/mol. The smallest absolute Gasteiger partial charge is 0.335 e. The van der Waals surface area contributed by atoms with Crippen molar-refractivity contribution in [2.75, 3.05) is 13.1 Å². The number of aliphatic carboxylic acids is 1. The van der Waals surface area contributed by atoms with Crippen molar-refractivity contribution in [2.45, 2.75) is 6.42 Å². The minimum atomic E-state index is -0.857. The van der Waals surface area contributed by atoms with E-state index in [4.69, 9.17) is 5.11 Å². The number of carboxylic acid groups (broad SMARTS) is 1. The zero-order chi connectivity index (χ0) is 12.1. The van der Waals surface area contributed by atoms with E-state index in [9.17, 15) is 4.79 Å². The molecule has 3 heteroatoms. The quantitative estimate of drug-likeness (QED) is 0.859. The van der Waals surface area contributed by atoms with E-state index in [0.29, 0.717) is 12.1 Å². The van der Waals surface area contributed by atoms with Crippen LogP contribution in [0.4, 0.5) is 0 Å². The van der Waals surface area contributed by atoms with Crippen LogP contribution in [-0.2, 0) is 11.2 Å². The summed E-state index contributed by atoms with van der Waals surface area (Å²) in [5.74, 6) is -0.857. The second kappa shape index (κ2) is 5.34. The van der Waals surface area contributed by atoms with Crippen LogP contribution in [0.15, 0.2) is 54.3 Å². The van der Waals surface area contributed by atoms with Crippen LogP contribution in [0.25, 0.3) is 0 Å². The lowest BCUT2D eigenvalue weighted by Crippen LogP contribution is -2.23. The molecule has 17 heavy (non-hydrogen) atoms. The van der Waals surface area contributed by atoms with Crippen molar-refractivity contribution in [3.05, 3.63) is 59.8 Å². The summed E-state index contributed by atoms with van der Waals surface area (Å²) < 4.78 is 0. The van der Waals surface area contributed by atoms with Gasteiger partial charge in [-0.25, -0.2) is 4.79 Å². The summed E-state index contributed by atoms with van der Waals surface area (Å²) in [7, 11) is 0. The van der Waals surface area contributed by atoms with Gasteiger partial charge in [0, 0.05) is 19.3 Å². The van der Waals surface area contributed by atoms with Crippen LogP contribution in [0.1, 0.15) is 5.56 Å². The number of benzene rings is 1. The molecule has 1 heterocycles. The Bertz CT molecular complexity index is 449. The minimum absolute atomic E-state index is 0.376. The second-order valence-corrected chi connectivity index (χ2v) is 4.01. The predicted octanol–water partition coefficient (Wildman–Crippen LogP) is 2.07. The zero-order valence-electron chi connectivity index (χ0n) is 9.54. The molecule has 1 aromatic carbocycles. The molecule has 1 aliphatic heterocycles. The first kappa shape index (κ1) is 11.5. The van der Waals surface area contributed by atoms with Gasteiger partial charge >= 0.3 is 5.97 Å². The fourth-order valence-electron chi connectivity index (χ4n) is 1.77. The van der Waals surface area contributed by atoms with Gasteiger partial charge in [0.05, 0.1) is 5.57 Å². The van der Waals surface area contributed by atoms with E-state index in [-0.39, 0.29) is 0 Å². The summed E-state index contributed by atoms with van der Waals surface area (Å²) in [4.78, 5) is 12.8. The third kappa shape index (κ3) is 3.21. The van der Waals surface area contributed by atoms with Crippen molar-refractivity contribution in [2.24, 2.45) is 0 Å². The second-order valence-electron chi connectivity index (χ2n) is 4.01.